The maximum atomic E-state index is 11.9. The highest BCUT2D eigenvalue weighted by Crippen LogP contribution is 1.96. The van der Waals surface area contributed by atoms with Gasteiger partial charge in [0.15, 0.2) is 0 Å². The van der Waals surface area contributed by atoms with Crippen molar-refractivity contribution in [3.63, 3.8) is 0 Å². The van der Waals surface area contributed by atoms with Crippen molar-refractivity contribution in [1.82, 2.24) is 20.4 Å². The van der Waals surface area contributed by atoms with Gasteiger partial charge < -0.3 is 15.4 Å². The van der Waals surface area contributed by atoms with E-state index in [1.807, 2.05) is 19.2 Å². The fourth-order valence-corrected chi connectivity index (χ4v) is 1.81. The van der Waals surface area contributed by atoms with Crippen molar-refractivity contribution in [2.45, 2.75) is 25.6 Å². The van der Waals surface area contributed by atoms with E-state index in [2.05, 4.69) is 15.7 Å². The number of morpholine rings is 1. The Morgan fingerprint density at radius 3 is 3.29 bits per heavy atom. The second-order valence-electron chi connectivity index (χ2n) is 4.22. The van der Waals surface area contributed by atoms with Crippen molar-refractivity contribution in [2.24, 2.45) is 0 Å². The summed E-state index contributed by atoms with van der Waals surface area (Å²) in [6, 6.07) is 1.68. The van der Waals surface area contributed by atoms with Gasteiger partial charge in [-0.15, -0.1) is 0 Å². The molecule has 6 heteroatoms. The normalized spacial score (nSPS) is 22.1. The van der Waals surface area contributed by atoms with E-state index in [0.717, 1.165) is 6.54 Å². The molecule has 2 heterocycles. The number of hydrogen-bond acceptors (Lipinski definition) is 4. The molecule has 0 radical (unpaired) electrons. The van der Waals surface area contributed by atoms with Crippen LogP contribution in [0.15, 0.2) is 18.5 Å². The smallest absolute Gasteiger partial charge is 0.239 e. The number of nitrogens with zero attached hydrogens (tertiary/aromatic N) is 2. The number of aromatic nitrogens is 2. The Bertz CT molecular complexity index is 346. The van der Waals surface area contributed by atoms with Crippen LogP contribution in [0.2, 0.25) is 0 Å². The quantitative estimate of drug-likeness (QED) is 0.733. The van der Waals surface area contributed by atoms with Crippen molar-refractivity contribution in [3.8, 4) is 0 Å². The fraction of sp³-hybridized carbons (Fsp3) is 0.636. The molecule has 0 aromatic carbocycles. The first-order valence-corrected chi connectivity index (χ1v) is 5.84. The summed E-state index contributed by atoms with van der Waals surface area (Å²) >= 11 is 0. The van der Waals surface area contributed by atoms with Crippen LogP contribution in [-0.4, -0.2) is 47.5 Å². The summed E-state index contributed by atoms with van der Waals surface area (Å²) in [4.78, 5) is 11.9. The second-order valence-corrected chi connectivity index (χ2v) is 4.22. The van der Waals surface area contributed by atoms with Crippen LogP contribution < -0.4 is 10.6 Å². The highest BCUT2D eigenvalue weighted by atomic mass is 16.5. The Morgan fingerprint density at radius 1 is 1.76 bits per heavy atom. The zero-order valence-corrected chi connectivity index (χ0v) is 9.93. The molecule has 2 unspecified atom stereocenters. The monoisotopic (exact) mass is 238 g/mol. The minimum Gasteiger partial charge on any atom is -0.378 e. The first-order chi connectivity index (χ1) is 8.25. The molecule has 1 aromatic heterocycles. The molecule has 1 aliphatic rings. The Kier molecular flexibility index (Phi) is 4.11. The third-order valence-corrected chi connectivity index (χ3v) is 2.65. The molecule has 2 atom stereocenters. The van der Waals surface area contributed by atoms with Crippen LogP contribution in [-0.2, 0) is 16.1 Å². The van der Waals surface area contributed by atoms with E-state index < -0.39 is 0 Å². The molecule has 0 aliphatic carbocycles. The predicted octanol–water partition coefficient (Wildman–Crippen LogP) is -0.624. The molecule has 6 nitrogen and oxygen atoms in total. The van der Waals surface area contributed by atoms with E-state index in [0.29, 0.717) is 19.8 Å². The lowest BCUT2D eigenvalue weighted by atomic mass is 10.2. The van der Waals surface area contributed by atoms with Crippen LogP contribution in [0.3, 0.4) is 0 Å². The van der Waals surface area contributed by atoms with Gasteiger partial charge in [-0.05, 0) is 13.0 Å². The molecule has 0 bridgehead atoms. The van der Waals surface area contributed by atoms with Gasteiger partial charge in [0.2, 0.25) is 5.91 Å². The zero-order chi connectivity index (χ0) is 12.1. The van der Waals surface area contributed by atoms with Crippen LogP contribution in [0.25, 0.3) is 0 Å². The lowest BCUT2D eigenvalue weighted by Gasteiger charge is -2.24. The van der Waals surface area contributed by atoms with Gasteiger partial charge in [-0.3, -0.25) is 9.48 Å². The Morgan fingerprint density at radius 2 is 2.65 bits per heavy atom. The molecular formula is C11H18N4O2. The molecular weight excluding hydrogens is 220 g/mol. The number of amides is 1. The van der Waals surface area contributed by atoms with E-state index in [1.165, 1.54) is 0 Å². The predicted molar refractivity (Wildman–Crippen MR) is 62.4 cm³/mol. The highest BCUT2D eigenvalue weighted by molar-refractivity contribution is 5.82. The number of nitrogens with one attached hydrogen (secondary N) is 2. The van der Waals surface area contributed by atoms with E-state index in [-0.39, 0.29) is 18.0 Å². The Labute approximate surface area is 100 Å². The van der Waals surface area contributed by atoms with E-state index in [4.69, 9.17) is 4.74 Å². The standard InChI is InChI=1S/C11H18N4O2/c1-9(7-15-5-2-3-13-15)14-11(16)10-8-17-6-4-12-10/h2-3,5,9-10,12H,4,6-8H2,1H3,(H,14,16). The van der Waals surface area contributed by atoms with Crippen molar-refractivity contribution in [1.29, 1.82) is 0 Å². The summed E-state index contributed by atoms with van der Waals surface area (Å²) < 4.78 is 7.05. The molecule has 1 fully saturated rings. The minimum atomic E-state index is -0.233. The van der Waals surface area contributed by atoms with Crippen LogP contribution in [0.1, 0.15) is 6.92 Å². The number of ether oxygens (including phenoxy) is 1. The van der Waals surface area contributed by atoms with Crippen molar-refractivity contribution in [2.75, 3.05) is 19.8 Å². The van der Waals surface area contributed by atoms with Crippen LogP contribution in [0.5, 0.6) is 0 Å². The Hall–Kier alpha value is -1.40. The van der Waals surface area contributed by atoms with E-state index in [1.54, 1.807) is 10.9 Å². The molecule has 2 rings (SSSR count). The number of rotatable bonds is 4. The van der Waals surface area contributed by atoms with Gasteiger partial charge in [0.05, 0.1) is 19.8 Å². The maximum Gasteiger partial charge on any atom is 0.239 e. The summed E-state index contributed by atoms with van der Waals surface area (Å²) in [7, 11) is 0. The van der Waals surface area contributed by atoms with Gasteiger partial charge in [0.25, 0.3) is 0 Å². The first-order valence-electron chi connectivity index (χ1n) is 5.84. The summed E-state index contributed by atoms with van der Waals surface area (Å²) in [6.07, 6.45) is 3.61. The fourth-order valence-electron chi connectivity index (χ4n) is 1.81. The van der Waals surface area contributed by atoms with Gasteiger partial charge >= 0.3 is 0 Å². The van der Waals surface area contributed by atoms with Gasteiger partial charge in [-0.2, -0.15) is 5.10 Å². The van der Waals surface area contributed by atoms with Gasteiger partial charge in [0, 0.05) is 25.0 Å². The van der Waals surface area contributed by atoms with E-state index in [9.17, 15) is 4.79 Å². The second kappa shape index (κ2) is 5.79. The Balaban J connectivity index is 1.77. The minimum absolute atomic E-state index is 0.00986. The molecule has 17 heavy (non-hydrogen) atoms. The van der Waals surface area contributed by atoms with Crippen molar-refractivity contribution >= 4 is 5.91 Å². The van der Waals surface area contributed by atoms with Crippen LogP contribution >= 0.6 is 0 Å². The van der Waals surface area contributed by atoms with Crippen LogP contribution in [0.4, 0.5) is 0 Å². The molecule has 0 saturated carbocycles. The molecule has 2 N–H and O–H groups in total. The SMILES string of the molecule is CC(Cn1cccn1)NC(=O)C1COCCN1. The average molecular weight is 238 g/mol. The molecule has 1 aliphatic heterocycles. The molecule has 94 valence electrons. The lowest BCUT2D eigenvalue weighted by Crippen LogP contribution is -2.53. The summed E-state index contributed by atoms with van der Waals surface area (Å²) in [6.45, 7) is 4.48. The van der Waals surface area contributed by atoms with Crippen LogP contribution in [0, 0.1) is 0 Å². The molecule has 1 amide bonds. The van der Waals surface area contributed by atoms with Crippen molar-refractivity contribution in [3.05, 3.63) is 18.5 Å². The van der Waals surface area contributed by atoms with Gasteiger partial charge in [-0.25, -0.2) is 0 Å². The van der Waals surface area contributed by atoms with Gasteiger partial charge in [-0.1, -0.05) is 0 Å². The zero-order valence-electron chi connectivity index (χ0n) is 9.93. The average Bonchev–Trinajstić information content (AvgIpc) is 2.82. The molecule has 1 saturated heterocycles. The lowest BCUT2D eigenvalue weighted by molar-refractivity contribution is -0.126. The summed E-state index contributed by atoms with van der Waals surface area (Å²) in [5.74, 6) is -0.00986. The summed E-state index contributed by atoms with van der Waals surface area (Å²) in [5, 5.41) is 10.2. The molecule has 1 aromatic rings. The topological polar surface area (TPSA) is 68.2 Å². The number of carbonyl (C=O) groups excluding carboxylic acids is 1. The third-order valence-electron chi connectivity index (χ3n) is 2.65. The third kappa shape index (κ3) is 3.54. The maximum absolute atomic E-state index is 11.9. The summed E-state index contributed by atoms with van der Waals surface area (Å²) in [5.41, 5.74) is 0. The largest absolute Gasteiger partial charge is 0.378 e. The van der Waals surface area contributed by atoms with E-state index >= 15 is 0 Å². The number of hydrogen-bond donors (Lipinski definition) is 2. The highest BCUT2D eigenvalue weighted by Gasteiger charge is 2.22. The first kappa shape index (κ1) is 12.1. The number of carbonyl (C=O) groups is 1. The molecule has 0 spiro atoms. The van der Waals surface area contributed by atoms with Crippen molar-refractivity contribution < 1.29 is 9.53 Å². The van der Waals surface area contributed by atoms with Gasteiger partial charge in [0.1, 0.15) is 6.04 Å².